The van der Waals surface area contributed by atoms with E-state index in [9.17, 15) is 4.79 Å². The van der Waals surface area contributed by atoms with Gasteiger partial charge in [-0.1, -0.05) is 24.9 Å². The number of carboxylic acids is 1. The highest BCUT2D eigenvalue weighted by Gasteiger charge is 2.18. The molecular formula is C13H20N2O3. The molecule has 1 aliphatic rings. The minimum absolute atomic E-state index is 0.0294. The zero-order chi connectivity index (χ0) is 13.0. The number of rotatable bonds is 5. The van der Waals surface area contributed by atoms with Crippen LogP contribution in [0.15, 0.2) is 10.6 Å². The quantitative estimate of drug-likeness (QED) is 0.841. The van der Waals surface area contributed by atoms with Gasteiger partial charge in [0.15, 0.2) is 11.5 Å². The lowest BCUT2D eigenvalue weighted by molar-refractivity contribution is 0.0685. The van der Waals surface area contributed by atoms with Gasteiger partial charge >= 0.3 is 5.97 Å². The average Bonchev–Trinajstić information content (AvgIpc) is 2.81. The maximum atomic E-state index is 10.6. The summed E-state index contributed by atoms with van der Waals surface area (Å²) in [5.41, 5.74) is -0.0294. The molecule has 1 fully saturated rings. The van der Waals surface area contributed by atoms with Crippen molar-refractivity contribution in [3.63, 3.8) is 0 Å². The van der Waals surface area contributed by atoms with Crippen molar-refractivity contribution >= 4 is 5.97 Å². The molecule has 0 unspecified atom stereocenters. The standard InChI is InChI=1S/C13H20N2O3/c1-9-2-4-10(5-3-9)7-14-8-11-6-12(13(16)17)15-18-11/h6,9-10,14H,2-5,7-8H2,1H3,(H,16,17). The van der Waals surface area contributed by atoms with E-state index in [0.29, 0.717) is 12.3 Å². The van der Waals surface area contributed by atoms with E-state index in [1.165, 1.54) is 31.7 Å². The molecule has 100 valence electrons. The highest BCUT2D eigenvalue weighted by atomic mass is 16.5. The number of aromatic nitrogens is 1. The first kappa shape index (κ1) is 13.1. The molecule has 1 aromatic heterocycles. The zero-order valence-electron chi connectivity index (χ0n) is 10.7. The second-order valence-electron chi connectivity index (χ2n) is 5.24. The van der Waals surface area contributed by atoms with E-state index in [-0.39, 0.29) is 5.69 Å². The molecule has 0 aliphatic heterocycles. The van der Waals surface area contributed by atoms with Crippen LogP contribution in [-0.2, 0) is 6.54 Å². The lowest BCUT2D eigenvalue weighted by Gasteiger charge is -2.26. The molecule has 1 aromatic rings. The van der Waals surface area contributed by atoms with Crippen molar-refractivity contribution in [3.8, 4) is 0 Å². The van der Waals surface area contributed by atoms with Crippen LogP contribution in [0.4, 0.5) is 0 Å². The van der Waals surface area contributed by atoms with Gasteiger partial charge in [-0.15, -0.1) is 0 Å². The molecule has 0 amide bonds. The summed E-state index contributed by atoms with van der Waals surface area (Å²) in [4.78, 5) is 10.6. The Morgan fingerprint density at radius 3 is 2.83 bits per heavy atom. The minimum atomic E-state index is -1.05. The number of nitrogens with zero attached hydrogens (tertiary/aromatic N) is 1. The fourth-order valence-electron chi connectivity index (χ4n) is 2.43. The SMILES string of the molecule is CC1CCC(CNCc2cc(C(=O)O)no2)CC1. The first-order valence-electron chi connectivity index (χ1n) is 6.54. The van der Waals surface area contributed by atoms with E-state index < -0.39 is 5.97 Å². The van der Waals surface area contributed by atoms with Crippen molar-refractivity contribution in [2.45, 2.75) is 39.2 Å². The molecule has 1 saturated carbocycles. The first-order chi connectivity index (χ1) is 8.65. The summed E-state index contributed by atoms with van der Waals surface area (Å²) in [6.45, 7) is 3.83. The highest BCUT2D eigenvalue weighted by molar-refractivity contribution is 5.85. The van der Waals surface area contributed by atoms with Gasteiger partial charge in [-0.25, -0.2) is 4.79 Å². The van der Waals surface area contributed by atoms with Crippen LogP contribution in [0.25, 0.3) is 0 Å². The predicted molar refractivity (Wildman–Crippen MR) is 66.3 cm³/mol. The minimum Gasteiger partial charge on any atom is -0.476 e. The Kier molecular flexibility index (Phi) is 4.36. The van der Waals surface area contributed by atoms with E-state index >= 15 is 0 Å². The summed E-state index contributed by atoms with van der Waals surface area (Å²) in [5, 5.41) is 15.5. The summed E-state index contributed by atoms with van der Waals surface area (Å²) < 4.78 is 4.94. The van der Waals surface area contributed by atoms with Crippen LogP contribution in [0.1, 0.15) is 48.9 Å². The molecule has 0 spiro atoms. The van der Waals surface area contributed by atoms with E-state index in [1.807, 2.05) is 0 Å². The molecule has 18 heavy (non-hydrogen) atoms. The number of hydrogen-bond donors (Lipinski definition) is 2. The van der Waals surface area contributed by atoms with Crippen molar-refractivity contribution in [1.29, 1.82) is 0 Å². The summed E-state index contributed by atoms with van der Waals surface area (Å²) in [6, 6.07) is 1.47. The molecule has 1 aliphatic carbocycles. The predicted octanol–water partition coefficient (Wildman–Crippen LogP) is 2.29. The van der Waals surface area contributed by atoms with E-state index in [2.05, 4.69) is 17.4 Å². The Balaban J connectivity index is 1.70. The number of aromatic carboxylic acids is 1. The maximum Gasteiger partial charge on any atom is 0.358 e. The molecule has 2 N–H and O–H groups in total. The number of carboxylic acid groups (broad SMARTS) is 1. The fourth-order valence-corrected chi connectivity index (χ4v) is 2.43. The number of carbonyl (C=O) groups is 1. The van der Waals surface area contributed by atoms with Gasteiger partial charge in [0.05, 0.1) is 6.54 Å². The molecule has 0 radical (unpaired) electrons. The van der Waals surface area contributed by atoms with Crippen molar-refractivity contribution < 1.29 is 14.4 Å². The molecule has 5 nitrogen and oxygen atoms in total. The lowest BCUT2D eigenvalue weighted by Crippen LogP contribution is -2.25. The van der Waals surface area contributed by atoms with Gasteiger partial charge in [-0.05, 0) is 31.2 Å². The molecule has 5 heteroatoms. The molecule has 1 heterocycles. The van der Waals surface area contributed by atoms with Gasteiger partial charge in [0.25, 0.3) is 0 Å². The summed E-state index contributed by atoms with van der Waals surface area (Å²) >= 11 is 0. The van der Waals surface area contributed by atoms with Gasteiger partial charge < -0.3 is 14.9 Å². The molecular weight excluding hydrogens is 232 g/mol. The Morgan fingerprint density at radius 2 is 2.22 bits per heavy atom. The van der Waals surface area contributed by atoms with Crippen LogP contribution in [0, 0.1) is 11.8 Å². The van der Waals surface area contributed by atoms with Gasteiger partial charge in [0, 0.05) is 6.07 Å². The molecule has 2 rings (SSSR count). The zero-order valence-corrected chi connectivity index (χ0v) is 10.7. The third-order valence-electron chi connectivity index (χ3n) is 3.65. The van der Waals surface area contributed by atoms with Crippen LogP contribution in [-0.4, -0.2) is 22.8 Å². The Hall–Kier alpha value is -1.36. The third kappa shape index (κ3) is 3.57. The first-order valence-corrected chi connectivity index (χ1v) is 6.54. The lowest BCUT2D eigenvalue weighted by atomic mass is 9.83. The van der Waals surface area contributed by atoms with Gasteiger partial charge in [-0.2, -0.15) is 0 Å². The molecule has 0 atom stereocenters. The van der Waals surface area contributed by atoms with E-state index in [4.69, 9.17) is 9.63 Å². The third-order valence-corrected chi connectivity index (χ3v) is 3.65. The van der Waals surface area contributed by atoms with E-state index in [1.54, 1.807) is 0 Å². The fraction of sp³-hybridized carbons (Fsp3) is 0.692. The van der Waals surface area contributed by atoms with Crippen LogP contribution in [0.2, 0.25) is 0 Å². The normalized spacial score (nSPS) is 24.1. The van der Waals surface area contributed by atoms with Crippen LogP contribution < -0.4 is 5.32 Å². The molecule has 0 bridgehead atoms. The van der Waals surface area contributed by atoms with Crippen molar-refractivity contribution in [2.75, 3.05) is 6.54 Å². The Labute approximate surface area is 107 Å². The Bertz CT molecular complexity index is 395. The topological polar surface area (TPSA) is 75.4 Å². The second-order valence-corrected chi connectivity index (χ2v) is 5.24. The average molecular weight is 252 g/mol. The monoisotopic (exact) mass is 252 g/mol. The van der Waals surface area contributed by atoms with Crippen LogP contribution in [0.5, 0.6) is 0 Å². The number of nitrogens with one attached hydrogen (secondary N) is 1. The summed E-state index contributed by atoms with van der Waals surface area (Å²) in [5.74, 6) is 1.14. The molecule has 0 aromatic carbocycles. The summed E-state index contributed by atoms with van der Waals surface area (Å²) in [7, 11) is 0. The number of hydrogen-bond acceptors (Lipinski definition) is 4. The Morgan fingerprint density at radius 1 is 1.50 bits per heavy atom. The van der Waals surface area contributed by atoms with E-state index in [0.717, 1.165) is 18.4 Å². The van der Waals surface area contributed by atoms with Crippen molar-refractivity contribution in [2.24, 2.45) is 11.8 Å². The van der Waals surface area contributed by atoms with Gasteiger partial charge in [0.2, 0.25) is 0 Å². The maximum absolute atomic E-state index is 10.6. The largest absolute Gasteiger partial charge is 0.476 e. The molecule has 0 saturated heterocycles. The van der Waals surface area contributed by atoms with Crippen LogP contribution >= 0.6 is 0 Å². The van der Waals surface area contributed by atoms with Crippen molar-refractivity contribution in [1.82, 2.24) is 10.5 Å². The summed E-state index contributed by atoms with van der Waals surface area (Å²) in [6.07, 6.45) is 5.20. The van der Waals surface area contributed by atoms with Gasteiger partial charge in [-0.3, -0.25) is 0 Å². The van der Waals surface area contributed by atoms with Crippen molar-refractivity contribution in [3.05, 3.63) is 17.5 Å². The van der Waals surface area contributed by atoms with Gasteiger partial charge in [0.1, 0.15) is 0 Å². The highest BCUT2D eigenvalue weighted by Crippen LogP contribution is 2.27. The smallest absolute Gasteiger partial charge is 0.358 e. The second kappa shape index (κ2) is 6.00. The van der Waals surface area contributed by atoms with Crippen LogP contribution in [0.3, 0.4) is 0 Å².